The van der Waals surface area contributed by atoms with Crippen LogP contribution in [0.15, 0.2) is 36.4 Å². The van der Waals surface area contributed by atoms with Crippen LogP contribution < -0.4 is 5.32 Å². The van der Waals surface area contributed by atoms with Crippen LogP contribution in [0.25, 0.3) is 0 Å². The molecule has 0 bridgehead atoms. The molecule has 100 valence electrons. The number of hydrogen-bond acceptors (Lipinski definition) is 1. The Kier molecular flexibility index (Phi) is 4.50. The molecule has 19 heavy (non-hydrogen) atoms. The van der Waals surface area contributed by atoms with Gasteiger partial charge in [0, 0.05) is 15.3 Å². The van der Waals surface area contributed by atoms with E-state index in [1.54, 1.807) is 0 Å². The molecule has 2 aromatic carbocycles. The van der Waals surface area contributed by atoms with E-state index in [-0.39, 0.29) is 0 Å². The fourth-order valence-electron chi connectivity index (χ4n) is 2.46. The van der Waals surface area contributed by atoms with E-state index in [2.05, 4.69) is 92.0 Å². The maximum Gasteiger partial charge on any atom is 0.0485 e. The minimum Gasteiger partial charge on any atom is -0.378 e. The Morgan fingerprint density at radius 3 is 2.00 bits per heavy atom. The van der Waals surface area contributed by atoms with Crippen molar-refractivity contribution in [1.82, 2.24) is 0 Å². The summed E-state index contributed by atoms with van der Waals surface area (Å²) < 4.78 is 1.27. The molecule has 0 aliphatic rings. The quantitative estimate of drug-likeness (QED) is 0.720. The number of nitrogens with one attached hydrogen (secondary N) is 1. The second-order valence-corrected chi connectivity index (χ2v) is 6.44. The highest BCUT2D eigenvalue weighted by atomic mass is 127. The summed E-state index contributed by atoms with van der Waals surface area (Å²) in [6.45, 7) is 8.69. The third-order valence-corrected chi connectivity index (χ3v) is 4.13. The largest absolute Gasteiger partial charge is 0.378 e. The molecular formula is C17H20IN. The monoisotopic (exact) mass is 365 g/mol. The van der Waals surface area contributed by atoms with Crippen LogP contribution in [0, 0.1) is 24.3 Å². The van der Waals surface area contributed by atoms with E-state index in [1.807, 2.05) is 0 Å². The van der Waals surface area contributed by atoms with Crippen molar-refractivity contribution in [3.63, 3.8) is 0 Å². The molecule has 0 aliphatic carbocycles. The summed E-state index contributed by atoms with van der Waals surface area (Å²) in [4.78, 5) is 0. The Balaban J connectivity index is 2.24. The number of hydrogen-bond donors (Lipinski definition) is 1. The first-order valence-electron chi connectivity index (χ1n) is 6.57. The highest BCUT2D eigenvalue weighted by molar-refractivity contribution is 14.1. The van der Waals surface area contributed by atoms with Crippen molar-refractivity contribution < 1.29 is 0 Å². The van der Waals surface area contributed by atoms with Crippen molar-refractivity contribution in [2.75, 3.05) is 5.32 Å². The van der Waals surface area contributed by atoms with Crippen molar-refractivity contribution in [3.8, 4) is 0 Å². The van der Waals surface area contributed by atoms with Gasteiger partial charge in [0.15, 0.2) is 0 Å². The van der Waals surface area contributed by atoms with Crippen molar-refractivity contribution in [2.24, 2.45) is 0 Å². The summed E-state index contributed by atoms with van der Waals surface area (Å²) in [6.07, 6.45) is 0. The van der Waals surface area contributed by atoms with Gasteiger partial charge in [0.05, 0.1) is 0 Å². The first kappa shape index (κ1) is 14.4. The molecule has 0 heterocycles. The molecular weight excluding hydrogens is 345 g/mol. The van der Waals surface area contributed by atoms with Gasteiger partial charge in [0.25, 0.3) is 0 Å². The minimum atomic E-state index is 0.317. The fraction of sp³-hybridized carbons (Fsp3) is 0.294. The van der Waals surface area contributed by atoms with Gasteiger partial charge in [-0.1, -0.05) is 29.8 Å². The second kappa shape index (κ2) is 5.95. The molecule has 0 aliphatic heterocycles. The maximum absolute atomic E-state index is 3.64. The van der Waals surface area contributed by atoms with Crippen LogP contribution >= 0.6 is 22.6 Å². The molecule has 2 heteroatoms. The maximum atomic E-state index is 3.64. The number of anilines is 1. The van der Waals surface area contributed by atoms with Crippen LogP contribution in [0.1, 0.15) is 35.2 Å². The van der Waals surface area contributed by atoms with Crippen molar-refractivity contribution in [3.05, 3.63) is 62.2 Å². The van der Waals surface area contributed by atoms with Crippen LogP contribution in [-0.2, 0) is 0 Å². The average molecular weight is 365 g/mol. The standard InChI is InChI=1S/C17H20IN/c1-11-9-12(2)17(13(3)10-11)19-14(4)15-5-7-16(18)8-6-15/h5-10,14,19H,1-4H3. The van der Waals surface area contributed by atoms with Gasteiger partial charge in [-0.15, -0.1) is 0 Å². The van der Waals surface area contributed by atoms with E-state index < -0.39 is 0 Å². The molecule has 1 nitrogen and oxygen atoms in total. The van der Waals surface area contributed by atoms with E-state index in [9.17, 15) is 0 Å². The number of halogens is 1. The lowest BCUT2D eigenvalue weighted by atomic mass is 10.0. The van der Waals surface area contributed by atoms with E-state index >= 15 is 0 Å². The van der Waals surface area contributed by atoms with Gasteiger partial charge in [-0.3, -0.25) is 0 Å². The lowest BCUT2D eigenvalue weighted by Gasteiger charge is -2.20. The van der Waals surface area contributed by atoms with Crippen molar-refractivity contribution >= 4 is 28.3 Å². The van der Waals surface area contributed by atoms with Crippen molar-refractivity contribution in [2.45, 2.75) is 33.7 Å². The van der Waals surface area contributed by atoms with Crippen molar-refractivity contribution in [1.29, 1.82) is 0 Å². The van der Waals surface area contributed by atoms with Crippen LogP contribution in [0.2, 0.25) is 0 Å². The molecule has 0 aromatic heterocycles. The summed E-state index contributed by atoms with van der Waals surface area (Å²) in [5.41, 5.74) is 6.53. The van der Waals surface area contributed by atoms with E-state index in [0.717, 1.165) is 0 Å². The van der Waals surface area contributed by atoms with Crippen LogP contribution in [-0.4, -0.2) is 0 Å². The Hall–Kier alpha value is -1.03. The zero-order valence-electron chi connectivity index (χ0n) is 11.9. The predicted octanol–water partition coefficient (Wildman–Crippen LogP) is 5.39. The Morgan fingerprint density at radius 1 is 0.947 bits per heavy atom. The first-order valence-corrected chi connectivity index (χ1v) is 7.65. The molecule has 2 aromatic rings. The lowest BCUT2D eigenvalue weighted by Crippen LogP contribution is -2.09. The molecule has 1 atom stereocenters. The Labute approximate surface area is 129 Å². The van der Waals surface area contributed by atoms with Gasteiger partial charge in [-0.05, 0) is 79.1 Å². The summed E-state index contributed by atoms with van der Waals surface area (Å²) in [5, 5.41) is 3.64. The Morgan fingerprint density at radius 2 is 1.47 bits per heavy atom. The Bertz CT molecular complexity index is 549. The number of aryl methyl sites for hydroxylation is 3. The number of rotatable bonds is 3. The summed E-state index contributed by atoms with van der Waals surface area (Å²) in [6, 6.07) is 13.5. The highest BCUT2D eigenvalue weighted by Gasteiger charge is 2.09. The molecule has 2 rings (SSSR count). The third-order valence-electron chi connectivity index (χ3n) is 3.41. The molecule has 0 saturated heterocycles. The molecule has 0 radical (unpaired) electrons. The topological polar surface area (TPSA) is 12.0 Å². The lowest BCUT2D eigenvalue weighted by molar-refractivity contribution is 0.879. The predicted molar refractivity (Wildman–Crippen MR) is 91.8 cm³/mol. The summed E-state index contributed by atoms with van der Waals surface area (Å²) in [7, 11) is 0. The normalized spacial score (nSPS) is 12.3. The average Bonchev–Trinajstić information content (AvgIpc) is 2.34. The second-order valence-electron chi connectivity index (χ2n) is 5.19. The molecule has 0 fully saturated rings. The molecule has 0 spiro atoms. The fourth-order valence-corrected chi connectivity index (χ4v) is 2.82. The molecule has 0 amide bonds. The summed E-state index contributed by atoms with van der Waals surface area (Å²) >= 11 is 2.34. The molecule has 1 N–H and O–H groups in total. The van der Waals surface area contributed by atoms with Crippen LogP contribution in [0.4, 0.5) is 5.69 Å². The highest BCUT2D eigenvalue weighted by Crippen LogP contribution is 2.26. The van der Waals surface area contributed by atoms with E-state index in [4.69, 9.17) is 0 Å². The third kappa shape index (κ3) is 3.50. The minimum absolute atomic E-state index is 0.317. The zero-order chi connectivity index (χ0) is 14.0. The van der Waals surface area contributed by atoms with Gasteiger partial charge in [0.1, 0.15) is 0 Å². The zero-order valence-corrected chi connectivity index (χ0v) is 14.1. The van der Waals surface area contributed by atoms with Gasteiger partial charge in [-0.25, -0.2) is 0 Å². The molecule has 0 saturated carbocycles. The van der Waals surface area contributed by atoms with Gasteiger partial charge in [0.2, 0.25) is 0 Å². The van der Waals surface area contributed by atoms with Gasteiger partial charge < -0.3 is 5.32 Å². The molecule has 1 unspecified atom stereocenters. The van der Waals surface area contributed by atoms with Gasteiger partial charge >= 0.3 is 0 Å². The van der Waals surface area contributed by atoms with Crippen LogP contribution in [0.5, 0.6) is 0 Å². The first-order chi connectivity index (χ1) is 8.97. The van der Waals surface area contributed by atoms with E-state index in [0.29, 0.717) is 6.04 Å². The summed E-state index contributed by atoms with van der Waals surface area (Å²) in [5.74, 6) is 0. The van der Waals surface area contributed by atoms with E-state index in [1.165, 1.54) is 31.5 Å². The number of benzene rings is 2. The smallest absolute Gasteiger partial charge is 0.0485 e. The van der Waals surface area contributed by atoms with Crippen LogP contribution in [0.3, 0.4) is 0 Å². The van der Waals surface area contributed by atoms with Gasteiger partial charge in [-0.2, -0.15) is 0 Å². The SMILES string of the molecule is Cc1cc(C)c(NC(C)c2ccc(I)cc2)c(C)c1.